The average molecular weight is 399 g/mol. The van der Waals surface area contributed by atoms with Gasteiger partial charge in [-0.2, -0.15) is 22.0 Å². The van der Waals surface area contributed by atoms with Crippen molar-refractivity contribution in [1.82, 2.24) is 14.6 Å². The molecule has 3 rings (SSSR count). The third kappa shape index (κ3) is 3.30. The maximum Gasteiger partial charge on any atom is 0.456 e. The molecular weight excluding hydrogens is 385 g/mol. The van der Waals surface area contributed by atoms with Crippen molar-refractivity contribution in [1.29, 1.82) is 0 Å². The zero-order chi connectivity index (χ0) is 20.5. The van der Waals surface area contributed by atoms with Crippen molar-refractivity contribution in [2.75, 3.05) is 18.1 Å². The number of alkyl halides is 5. The van der Waals surface area contributed by atoms with E-state index in [-0.39, 0.29) is 11.4 Å². The van der Waals surface area contributed by atoms with Crippen LogP contribution in [0.3, 0.4) is 0 Å². The first kappa shape index (κ1) is 19.7. The molecular formula is C17H14F5N5O. The third-order valence-corrected chi connectivity index (χ3v) is 4.41. The molecule has 28 heavy (non-hydrogen) atoms. The van der Waals surface area contributed by atoms with Gasteiger partial charge in [-0.1, -0.05) is 0 Å². The topological polar surface area (TPSA) is 55.4 Å². The summed E-state index contributed by atoms with van der Waals surface area (Å²) in [7, 11) is 0. The molecule has 0 bridgehead atoms. The number of halogens is 5. The van der Waals surface area contributed by atoms with E-state index in [0.717, 1.165) is 17.3 Å². The summed E-state index contributed by atoms with van der Waals surface area (Å²) < 4.78 is 68.0. The molecule has 11 heteroatoms. The minimum atomic E-state index is -5.96. The molecule has 3 heterocycles. The number of nitrogens with zero attached hydrogens (tertiary/aromatic N) is 5. The van der Waals surface area contributed by atoms with Gasteiger partial charge in [-0.3, -0.25) is 14.8 Å². The summed E-state index contributed by atoms with van der Waals surface area (Å²) in [5.41, 5.74) is -4.51. The second-order valence-electron chi connectivity index (χ2n) is 6.20. The SMILES string of the molecule is [C-]#[N+]c1c(C(F)(F)C(F)(F)F)cc(-c2cnccn2)n(N2CCCCC2)c1=O. The first-order valence-corrected chi connectivity index (χ1v) is 8.32. The van der Waals surface area contributed by atoms with Crippen LogP contribution >= 0.6 is 0 Å². The van der Waals surface area contributed by atoms with Crippen LogP contribution in [0.15, 0.2) is 29.5 Å². The lowest BCUT2D eigenvalue weighted by Gasteiger charge is -2.33. The lowest BCUT2D eigenvalue weighted by Crippen LogP contribution is -2.47. The lowest BCUT2D eigenvalue weighted by molar-refractivity contribution is -0.289. The summed E-state index contributed by atoms with van der Waals surface area (Å²) in [6, 6.07) is 0.515. The van der Waals surface area contributed by atoms with Crippen molar-refractivity contribution >= 4 is 5.69 Å². The highest BCUT2D eigenvalue weighted by molar-refractivity contribution is 5.64. The highest BCUT2D eigenvalue weighted by Gasteiger charge is 2.60. The van der Waals surface area contributed by atoms with Crippen LogP contribution in [0.4, 0.5) is 27.6 Å². The van der Waals surface area contributed by atoms with E-state index in [1.807, 2.05) is 0 Å². The Labute approximate surface area is 156 Å². The molecule has 0 aromatic carbocycles. The Bertz CT molecular complexity index is 959. The maximum atomic E-state index is 14.1. The predicted molar refractivity (Wildman–Crippen MR) is 89.7 cm³/mol. The molecule has 1 aliphatic rings. The second kappa shape index (κ2) is 7.18. The van der Waals surface area contributed by atoms with Gasteiger partial charge in [0, 0.05) is 31.0 Å². The highest BCUT2D eigenvalue weighted by atomic mass is 19.4. The molecule has 1 saturated heterocycles. The normalized spacial score (nSPS) is 15.4. The average Bonchev–Trinajstić information content (AvgIpc) is 2.67. The first-order chi connectivity index (χ1) is 13.2. The molecule has 2 aromatic rings. The van der Waals surface area contributed by atoms with Crippen LogP contribution in [0, 0.1) is 6.57 Å². The number of rotatable bonds is 3. The molecule has 0 N–H and O–H groups in total. The van der Waals surface area contributed by atoms with E-state index in [1.165, 1.54) is 17.4 Å². The molecule has 0 unspecified atom stereocenters. The van der Waals surface area contributed by atoms with E-state index >= 15 is 0 Å². The Kier molecular flexibility index (Phi) is 5.06. The Morgan fingerprint density at radius 1 is 1.07 bits per heavy atom. The molecule has 148 valence electrons. The van der Waals surface area contributed by atoms with Crippen LogP contribution in [0.5, 0.6) is 0 Å². The molecule has 0 aliphatic carbocycles. The van der Waals surface area contributed by atoms with E-state index in [1.54, 1.807) is 0 Å². The van der Waals surface area contributed by atoms with Gasteiger partial charge in [0.25, 0.3) is 11.2 Å². The minimum absolute atomic E-state index is 0.0547. The third-order valence-electron chi connectivity index (χ3n) is 4.41. The fraction of sp³-hybridized carbons (Fsp3) is 0.412. The molecule has 6 nitrogen and oxygen atoms in total. The molecule has 0 atom stereocenters. The number of piperidine rings is 1. The van der Waals surface area contributed by atoms with Gasteiger partial charge in [-0.05, 0) is 25.3 Å². The Morgan fingerprint density at radius 2 is 1.75 bits per heavy atom. The van der Waals surface area contributed by atoms with E-state index in [0.29, 0.717) is 32.0 Å². The van der Waals surface area contributed by atoms with Gasteiger partial charge < -0.3 is 5.01 Å². The summed E-state index contributed by atoms with van der Waals surface area (Å²) >= 11 is 0. The van der Waals surface area contributed by atoms with E-state index in [2.05, 4.69) is 14.8 Å². The molecule has 0 amide bonds. The summed E-state index contributed by atoms with van der Waals surface area (Å²) in [4.78, 5) is 23.3. The molecule has 2 aromatic heterocycles. The number of pyridine rings is 1. The van der Waals surface area contributed by atoms with Gasteiger partial charge >= 0.3 is 12.1 Å². The summed E-state index contributed by atoms with van der Waals surface area (Å²) in [5, 5.41) is 1.53. The maximum absolute atomic E-state index is 14.1. The second-order valence-corrected chi connectivity index (χ2v) is 6.20. The molecule has 0 saturated carbocycles. The standard InChI is InChI=1S/C17H14F5N5O/c1-23-14-11(16(18,19)17(20,21)22)9-13(12-10-24-5-6-25-12)27(15(14)28)26-7-3-2-4-8-26/h5-6,9-10H,2-4,7-8H2. The number of hydrogen-bond donors (Lipinski definition) is 0. The van der Waals surface area contributed by atoms with E-state index in [4.69, 9.17) is 6.57 Å². The van der Waals surface area contributed by atoms with Crippen molar-refractivity contribution in [2.45, 2.75) is 31.4 Å². The largest absolute Gasteiger partial charge is 0.456 e. The summed E-state index contributed by atoms with van der Waals surface area (Å²) in [5.74, 6) is -5.37. The Hall–Kier alpha value is -3.03. The fourth-order valence-electron chi connectivity index (χ4n) is 3.06. The smallest absolute Gasteiger partial charge is 0.311 e. The Balaban J connectivity index is 2.35. The molecule has 0 spiro atoms. The van der Waals surface area contributed by atoms with Crippen LogP contribution in [0.25, 0.3) is 16.2 Å². The fourth-order valence-corrected chi connectivity index (χ4v) is 3.06. The van der Waals surface area contributed by atoms with Crippen LogP contribution in [-0.4, -0.2) is 33.9 Å². The van der Waals surface area contributed by atoms with Crippen molar-refractivity contribution in [3.63, 3.8) is 0 Å². The predicted octanol–water partition coefficient (Wildman–Crippen LogP) is 3.63. The van der Waals surface area contributed by atoms with Crippen molar-refractivity contribution in [3.8, 4) is 11.4 Å². The monoisotopic (exact) mass is 399 g/mol. The van der Waals surface area contributed by atoms with Crippen molar-refractivity contribution in [2.24, 2.45) is 0 Å². The number of aromatic nitrogens is 3. The lowest BCUT2D eigenvalue weighted by atomic mass is 10.0. The van der Waals surface area contributed by atoms with Crippen molar-refractivity contribution < 1.29 is 22.0 Å². The van der Waals surface area contributed by atoms with Crippen LogP contribution in [0.1, 0.15) is 24.8 Å². The summed E-state index contributed by atoms with van der Waals surface area (Å²) in [6.45, 7) is 7.84. The first-order valence-electron chi connectivity index (χ1n) is 8.32. The van der Waals surface area contributed by atoms with Crippen LogP contribution < -0.4 is 10.6 Å². The van der Waals surface area contributed by atoms with Gasteiger partial charge in [-0.25, -0.2) is 9.52 Å². The zero-order valence-corrected chi connectivity index (χ0v) is 14.4. The Morgan fingerprint density at radius 3 is 2.29 bits per heavy atom. The van der Waals surface area contributed by atoms with Gasteiger partial charge in [0.1, 0.15) is 5.69 Å². The van der Waals surface area contributed by atoms with Gasteiger partial charge in [-0.15, -0.1) is 0 Å². The minimum Gasteiger partial charge on any atom is -0.311 e. The van der Waals surface area contributed by atoms with E-state index < -0.39 is 28.9 Å². The quantitative estimate of drug-likeness (QED) is 0.584. The van der Waals surface area contributed by atoms with Gasteiger partial charge in [0.15, 0.2) is 0 Å². The van der Waals surface area contributed by atoms with Gasteiger partial charge in [0.2, 0.25) is 0 Å². The number of hydrogen-bond acceptors (Lipinski definition) is 4. The van der Waals surface area contributed by atoms with E-state index in [9.17, 15) is 26.7 Å². The van der Waals surface area contributed by atoms with Crippen LogP contribution in [-0.2, 0) is 5.92 Å². The van der Waals surface area contributed by atoms with Gasteiger partial charge in [0.05, 0.1) is 18.5 Å². The van der Waals surface area contributed by atoms with Crippen molar-refractivity contribution in [3.05, 3.63) is 52.0 Å². The zero-order valence-electron chi connectivity index (χ0n) is 14.4. The molecule has 1 aliphatic heterocycles. The summed E-state index contributed by atoms with van der Waals surface area (Å²) in [6.07, 6.45) is 0.0281. The molecule has 0 radical (unpaired) electrons. The highest BCUT2D eigenvalue weighted by Crippen LogP contribution is 2.47. The molecule has 1 fully saturated rings. The van der Waals surface area contributed by atoms with Crippen LogP contribution in [0.2, 0.25) is 0 Å².